The minimum Gasteiger partial charge on any atom is -0.504 e. The van der Waals surface area contributed by atoms with E-state index in [2.05, 4.69) is 57.7 Å². The van der Waals surface area contributed by atoms with Gasteiger partial charge < -0.3 is 91.2 Å². The van der Waals surface area contributed by atoms with Crippen LogP contribution in [0.4, 0.5) is 0 Å². The van der Waals surface area contributed by atoms with Crippen LogP contribution in [-0.2, 0) is 42.8 Å². The van der Waals surface area contributed by atoms with Gasteiger partial charge in [0.05, 0.1) is 29.6 Å². The van der Waals surface area contributed by atoms with E-state index in [9.17, 15) is 15.0 Å². The van der Waals surface area contributed by atoms with Gasteiger partial charge in [0.15, 0.2) is 17.2 Å². The lowest BCUT2D eigenvalue weighted by Crippen LogP contribution is -2.84. The van der Waals surface area contributed by atoms with Gasteiger partial charge in [-0.2, -0.15) is 0 Å². The summed E-state index contributed by atoms with van der Waals surface area (Å²) in [5, 5.41) is 55.0. The van der Waals surface area contributed by atoms with Crippen LogP contribution in [0, 0.1) is 0 Å². The van der Waals surface area contributed by atoms with Gasteiger partial charge in [0.1, 0.15) is 56.0 Å². The first-order valence-corrected chi connectivity index (χ1v) is 27.8. The van der Waals surface area contributed by atoms with Crippen molar-refractivity contribution < 1.29 is 62.5 Å². The third-order valence-corrected chi connectivity index (χ3v) is 14.9. The van der Waals surface area contributed by atoms with Crippen LogP contribution < -0.4 is 52.6 Å². The Morgan fingerprint density at radius 2 is 0.961 bits per heavy atom. The number of rotatable bonds is 5. The fraction of sp³-hybridized carbons (Fsp3) is 0.808. The summed E-state index contributed by atoms with van der Waals surface area (Å²) in [4.78, 5) is 66.0. The molecule has 77 heavy (non-hydrogen) atoms. The number of ether oxygens (including phenoxy) is 7. The van der Waals surface area contributed by atoms with Crippen LogP contribution in [0.25, 0.3) is 0 Å². The van der Waals surface area contributed by atoms with Crippen LogP contribution in [-0.4, -0.2) is 259 Å². The Bertz CT molecular complexity index is 2090. The number of carbonyl (C=O) groups excluding carboxylic acids is 3. The van der Waals surface area contributed by atoms with Gasteiger partial charge in [-0.05, 0) is 53.7 Å². The van der Waals surface area contributed by atoms with Crippen molar-refractivity contribution in [2.24, 2.45) is 0 Å². The van der Waals surface area contributed by atoms with E-state index in [0.29, 0.717) is 91.6 Å². The largest absolute Gasteiger partial charge is 0.504 e. The number of benzene rings is 1. The average molecular weight is 1090 g/mol. The first kappa shape index (κ1) is 60.7. The zero-order valence-corrected chi connectivity index (χ0v) is 46.4. The molecule has 0 bridgehead atoms. The minimum absolute atomic E-state index is 0.0547. The summed E-state index contributed by atoms with van der Waals surface area (Å²) in [7, 11) is 0. The van der Waals surface area contributed by atoms with E-state index in [1.807, 2.05) is 46.4 Å². The van der Waals surface area contributed by atoms with E-state index in [4.69, 9.17) is 33.2 Å². The lowest BCUT2D eigenvalue weighted by Gasteiger charge is -2.64. The molecule has 6 aliphatic heterocycles. The Kier molecular flexibility index (Phi) is 22.1. The van der Waals surface area contributed by atoms with Crippen molar-refractivity contribution in [1.29, 1.82) is 0 Å². The lowest BCUT2D eigenvalue weighted by atomic mass is 9.69. The van der Waals surface area contributed by atoms with Crippen LogP contribution in [0.15, 0.2) is 18.2 Å². The van der Waals surface area contributed by atoms with E-state index in [0.717, 1.165) is 0 Å². The van der Waals surface area contributed by atoms with Gasteiger partial charge in [-0.15, -0.1) is 0 Å². The zero-order chi connectivity index (χ0) is 55.1. The number of aromatic hydroxyl groups is 1. The molecule has 6 atom stereocenters. The first-order valence-electron chi connectivity index (χ1n) is 27.8. The molecule has 0 radical (unpaired) electrons. The Hall–Kier alpha value is -3.90. The molecular formula is C52H90N12O13. The topological polar surface area (TPSA) is 291 Å². The lowest BCUT2D eigenvalue weighted by molar-refractivity contribution is -0.294. The Labute approximate surface area is 453 Å². The molecule has 0 amide bonds. The number of carboxylic acid groups (broad SMARTS) is 1. The predicted molar refractivity (Wildman–Crippen MR) is 284 cm³/mol. The summed E-state index contributed by atoms with van der Waals surface area (Å²) in [5.74, 6) is -4.59. The summed E-state index contributed by atoms with van der Waals surface area (Å²) in [6, 6.07) is 2.89. The molecule has 11 N–H and O–H groups in total. The summed E-state index contributed by atoms with van der Waals surface area (Å²) >= 11 is 0. The van der Waals surface area contributed by atoms with Crippen molar-refractivity contribution >= 4 is 23.9 Å². The summed E-state index contributed by atoms with van der Waals surface area (Å²) in [6.07, 6.45) is -4.55. The maximum Gasteiger partial charge on any atom is 0.339 e. The van der Waals surface area contributed by atoms with Crippen molar-refractivity contribution in [3.63, 3.8) is 0 Å². The number of carboxylic acids is 1. The first-order chi connectivity index (χ1) is 36.9. The zero-order valence-electron chi connectivity index (χ0n) is 46.4. The molecule has 6 heterocycles. The number of aromatic carboxylic acids is 1. The molecule has 0 saturated carbocycles. The van der Waals surface area contributed by atoms with Crippen LogP contribution in [0.2, 0.25) is 0 Å². The molecule has 7 rings (SSSR count). The van der Waals surface area contributed by atoms with Crippen molar-refractivity contribution in [2.45, 2.75) is 114 Å². The number of fused-ring (bicyclic) bond motifs is 3. The molecule has 0 aromatic heterocycles. The molecule has 436 valence electrons. The Morgan fingerprint density at radius 3 is 1.48 bits per heavy atom. The second-order valence-corrected chi connectivity index (χ2v) is 22.6. The van der Waals surface area contributed by atoms with Crippen molar-refractivity contribution in [3.05, 3.63) is 23.8 Å². The summed E-state index contributed by atoms with van der Waals surface area (Å²) in [5.41, 5.74) is -8.22. The number of hydrogen-bond acceptors (Lipinski definition) is 24. The third-order valence-electron chi connectivity index (χ3n) is 14.9. The standard InChI is InChI=1S/C52H90N12O13/c1-48(2)34-71-43(65)28-39(62-25-22-56-13-10-53-16-19-59-31-40(62)75-48)51(29-44(66)72-35-49(3,4)76-41-32-60-20-17-54-11-14-57-23-26-63(41)51)52(74-38-9-7-8-37(46(38)68)47(69)70)30-45(67)73-36-50(5,6)77-42-33-61-21-18-55-12-15-58-24-27-64(42)52/h7-9,39-42,53-61,68H,10-36H2,1-6H3,(H,69,70). The van der Waals surface area contributed by atoms with E-state index >= 15 is 14.4 Å². The molecule has 6 fully saturated rings. The molecule has 6 saturated heterocycles. The monoisotopic (exact) mass is 1090 g/mol. The van der Waals surface area contributed by atoms with Crippen molar-refractivity contribution in [1.82, 2.24) is 62.6 Å². The van der Waals surface area contributed by atoms with Gasteiger partial charge in [0, 0.05) is 143 Å². The molecule has 25 nitrogen and oxygen atoms in total. The molecular weight excluding hydrogens is 1000 g/mol. The Morgan fingerprint density at radius 1 is 0.545 bits per heavy atom. The molecule has 1 aromatic rings. The number of carbonyl (C=O) groups is 4. The van der Waals surface area contributed by atoms with Crippen LogP contribution in [0.5, 0.6) is 11.5 Å². The maximum atomic E-state index is 15.9. The van der Waals surface area contributed by atoms with Gasteiger partial charge in [-0.3, -0.25) is 24.2 Å². The molecule has 0 spiro atoms. The molecule has 6 unspecified atom stereocenters. The van der Waals surface area contributed by atoms with Crippen LogP contribution in [0.3, 0.4) is 0 Å². The van der Waals surface area contributed by atoms with Gasteiger partial charge in [-0.1, -0.05) is 6.07 Å². The van der Waals surface area contributed by atoms with E-state index < -0.39 is 107 Å². The smallest absolute Gasteiger partial charge is 0.339 e. The van der Waals surface area contributed by atoms with E-state index in [-0.39, 0.29) is 71.4 Å². The normalized spacial score (nSPS) is 32.4. The molecule has 1 aromatic carbocycles. The van der Waals surface area contributed by atoms with Crippen molar-refractivity contribution in [2.75, 3.05) is 157 Å². The third kappa shape index (κ3) is 16.2. The van der Waals surface area contributed by atoms with Crippen molar-refractivity contribution in [3.8, 4) is 11.5 Å². The van der Waals surface area contributed by atoms with Gasteiger partial charge in [-0.25, -0.2) is 9.69 Å². The second kappa shape index (κ2) is 28.0. The molecule has 6 aliphatic rings. The number of esters is 3. The summed E-state index contributed by atoms with van der Waals surface area (Å²) < 4.78 is 48.6. The highest BCUT2D eigenvalue weighted by Gasteiger charge is 2.71. The van der Waals surface area contributed by atoms with Gasteiger partial charge in [0.2, 0.25) is 0 Å². The highest BCUT2D eigenvalue weighted by atomic mass is 16.6. The highest BCUT2D eigenvalue weighted by Crippen LogP contribution is 2.52. The number of hydrogen-bond donors (Lipinski definition) is 11. The number of cyclic esters (lactones) is 3. The highest BCUT2D eigenvalue weighted by molar-refractivity contribution is 5.91. The van der Waals surface area contributed by atoms with Gasteiger partial charge >= 0.3 is 23.9 Å². The SMILES string of the molecule is CC1(C)COC(=O)CC(C2(C3(Oc4cccc(C(=O)O)c4O)CC(=O)OCC(C)(C)OC4CNCCNCCNCCN43)CC(=O)OCC(C)(C)OC3CNCCNCCNCCN32)N2CCNCCNCCNCC2O1. The van der Waals surface area contributed by atoms with E-state index in [1.165, 1.54) is 18.2 Å². The minimum atomic E-state index is -2.35. The van der Waals surface area contributed by atoms with Crippen LogP contribution in [0.1, 0.15) is 71.2 Å². The number of nitrogens with one attached hydrogen (secondary N) is 9. The fourth-order valence-electron chi connectivity index (χ4n) is 11.4. The average Bonchev–Trinajstić information content (AvgIpc) is 3.67. The maximum absolute atomic E-state index is 15.9. The second-order valence-electron chi connectivity index (χ2n) is 22.6. The Balaban J connectivity index is 1.70. The summed E-state index contributed by atoms with van der Waals surface area (Å²) in [6.45, 7) is 19.6. The molecule has 0 aliphatic carbocycles. The van der Waals surface area contributed by atoms with Crippen LogP contribution >= 0.6 is 0 Å². The fourth-order valence-corrected chi connectivity index (χ4v) is 11.4. The number of phenols is 1. The number of para-hydroxylation sites is 1. The van der Waals surface area contributed by atoms with Gasteiger partial charge in [0.25, 0.3) is 0 Å². The quantitative estimate of drug-likeness (QED) is 0.110. The predicted octanol–water partition coefficient (Wildman–Crippen LogP) is -2.27. The van der Waals surface area contributed by atoms with E-state index in [1.54, 1.807) is 0 Å². The number of nitrogens with zero attached hydrogens (tertiary/aromatic N) is 3. The molecule has 25 heteroatoms.